The lowest BCUT2D eigenvalue weighted by molar-refractivity contribution is -0.385. The SMILES string of the molecule is Cc1cc(CC(Br)c2ccccc2)ncc1[N+](=O)[O-]. The van der Waals surface area contributed by atoms with Gasteiger partial charge in [-0.05, 0) is 18.6 Å². The van der Waals surface area contributed by atoms with Crippen LogP contribution in [-0.2, 0) is 6.42 Å². The lowest BCUT2D eigenvalue weighted by Crippen LogP contribution is -2.00. The summed E-state index contributed by atoms with van der Waals surface area (Å²) < 4.78 is 0. The van der Waals surface area contributed by atoms with E-state index in [0.29, 0.717) is 12.0 Å². The van der Waals surface area contributed by atoms with Crippen LogP contribution in [0.5, 0.6) is 0 Å². The van der Waals surface area contributed by atoms with Crippen molar-refractivity contribution in [3.05, 3.63) is 69.5 Å². The number of nitrogens with zero attached hydrogens (tertiary/aromatic N) is 2. The normalized spacial score (nSPS) is 12.1. The van der Waals surface area contributed by atoms with Gasteiger partial charge in [0.25, 0.3) is 5.69 Å². The minimum absolute atomic E-state index is 0.0644. The summed E-state index contributed by atoms with van der Waals surface area (Å²) in [5.41, 5.74) is 2.71. The molecule has 0 amide bonds. The Morgan fingerprint density at radius 1 is 1.37 bits per heavy atom. The van der Waals surface area contributed by atoms with E-state index in [9.17, 15) is 10.1 Å². The molecule has 1 heterocycles. The highest BCUT2D eigenvalue weighted by atomic mass is 79.9. The zero-order valence-corrected chi connectivity index (χ0v) is 12.0. The van der Waals surface area contributed by atoms with E-state index < -0.39 is 4.92 Å². The number of rotatable bonds is 4. The van der Waals surface area contributed by atoms with Crippen LogP contribution in [0.25, 0.3) is 0 Å². The highest BCUT2D eigenvalue weighted by Crippen LogP contribution is 2.27. The fraction of sp³-hybridized carbons (Fsp3) is 0.214. The van der Waals surface area contributed by atoms with Crippen molar-refractivity contribution < 1.29 is 4.92 Å². The Morgan fingerprint density at radius 2 is 2.05 bits per heavy atom. The third-order valence-corrected chi connectivity index (χ3v) is 3.74. The van der Waals surface area contributed by atoms with E-state index in [1.165, 1.54) is 11.8 Å². The van der Waals surface area contributed by atoms with E-state index in [0.717, 1.165) is 5.69 Å². The van der Waals surface area contributed by atoms with Crippen molar-refractivity contribution in [3.8, 4) is 0 Å². The molecule has 0 aliphatic heterocycles. The van der Waals surface area contributed by atoms with Crippen LogP contribution in [0.1, 0.15) is 21.6 Å². The lowest BCUT2D eigenvalue weighted by atomic mass is 10.1. The largest absolute Gasteiger partial charge is 0.290 e. The Kier molecular flexibility index (Phi) is 4.27. The Morgan fingerprint density at radius 3 is 2.63 bits per heavy atom. The Balaban J connectivity index is 2.16. The Bertz CT molecular complexity index is 587. The molecule has 19 heavy (non-hydrogen) atoms. The molecule has 4 nitrogen and oxygen atoms in total. The van der Waals surface area contributed by atoms with Gasteiger partial charge >= 0.3 is 0 Å². The molecular formula is C14H13BrN2O2. The molecule has 0 bridgehead atoms. The van der Waals surface area contributed by atoms with Gasteiger partial charge < -0.3 is 0 Å². The number of alkyl halides is 1. The number of hydrogen-bond donors (Lipinski definition) is 0. The van der Waals surface area contributed by atoms with Crippen LogP contribution < -0.4 is 0 Å². The minimum atomic E-state index is -0.408. The molecule has 1 atom stereocenters. The summed E-state index contributed by atoms with van der Waals surface area (Å²) in [5.74, 6) is 0. The van der Waals surface area contributed by atoms with Gasteiger partial charge in [0.05, 0.1) is 4.92 Å². The number of halogens is 1. The molecule has 1 aromatic carbocycles. The molecule has 0 saturated heterocycles. The van der Waals surface area contributed by atoms with Crippen LogP contribution in [0.2, 0.25) is 0 Å². The van der Waals surface area contributed by atoms with E-state index in [-0.39, 0.29) is 10.5 Å². The lowest BCUT2D eigenvalue weighted by Gasteiger charge is -2.10. The van der Waals surface area contributed by atoms with Crippen molar-refractivity contribution >= 4 is 21.6 Å². The molecular weight excluding hydrogens is 308 g/mol. The van der Waals surface area contributed by atoms with Crippen LogP contribution in [-0.4, -0.2) is 9.91 Å². The molecule has 1 unspecified atom stereocenters. The molecule has 2 rings (SSSR count). The van der Waals surface area contributed by atoms with Crippen molar-refractivity contribution in [1.29, 1.82) is 0 Å². The van der Waals surface area contributed by atoms with Crippen molar-refractivity contribution in [3.63, 3.8) is 0 Å². The standard InChI is InChI=1S/C14H13BrN2O2/c1-10-7-12(16-9-14(10)17(18)19)8-13(15)11-5-3-2-4-6-11/h2-7,9,13H,8H2,1H3. The Hall–Kier alpha value is -1.75. The first-order valence-electron chi connectivity index (χ1n) is 5.87. The number of nitro groups is 1. The quantitative estimate of drug-likeness (QED) is 0.486. The van der Waals surface area contributed by atoms with Crippen LogP contribution in [0, 0.1) is 17.0 Å². The van der Waals surface area contributed by atoms with Crippen molar-refractivity contribution in [1.82, 2.24) is 4.98 Å². The summed E-state index contributed by atoms with van der Waals surface area (Å²) in [7, 11) is 0. The zero-order chi connectivity index (χ0) is 13.8. The monoisotopic (exact) mass is 320 g/mol. The van der Waals surface area contributed by atoms with Gasteiger partial charge in [0.2, 0.25) is 0 Å². The van der Waals surface area contributed by atoms with E-state index in [4.69, 9.17) is 0 Å². The van der Waals surface area contributed by atoms with Crippen molar-refractivity contribution in [2.24, 2.45) is 0 Å². The number of hydrogen-bond acceptors (Lipinski definition) is 3. The Labute approximate surface area is 119 Å². The second kappa shape index (κ2) is 5.93. The van der Waals surface area contributed by atoms with Gasteiger partial charge in [-0.1, -0.05) is 46.3 Å². The second-order valence-corrected chi connectivity index (χ2v) is 5.41. The first-order valence-corrected chi connectivity index (χ1v) is 6.78. The average Bonchev–Trinajstić information content (AvgIpc) is 2.39. The van der Waals surface area contributed by atoms with Gasteiger partial charge in [0.15, 0.2) is 0 Å². The zero-order valence-electron chi connectivity index (χ0n) is 10.4. The van der Waals surface area contributed by atoms with Gasteiger partial charge in [-0.25, -0.2) is 0 Å². The maximum Gasteiger partial charge on any atom is 0.290 e. The number of pyridine rings is 1. The molecule has 0 fully saturated rings. The van der Waals surface area contributed by atoms with Crippen LogP contribution in [0.15, 0.2) is 42.6 Å². The third kappa shape index (κ3) is 3.38. The van der Waals surface area contributed by atoms with Gasteiger partial charge in [0, 0.05) is 22.5 Å². The molecule has 0 aliphatic rings. The van der Waals surface area contributed by atoms with Crippen molar-refractivity contribution in [2.45, 2.75) is 18.2 Å². The van der Waals surface area contributed by atoms with Crippen LogP contribution in [0.4, 0.5) is 5.69 Å². The molecule has 98 valence electrons. The van der Waals surface area contributed by atoms with Crippen molar-refractivity contribution in [2.75, 3.05) is 0 Å². The third-order valence-electron chi connectivity index (χ3n) is 2.89. The molecule has 0 N–H and O–H groups in total. The second-order valence-electron chi connectivity index (χ2n) is 4.30. The fourth-order valence-electron chi connectivity index (χ4n) is 1.87. The molecule has 2 aromatic rings. The maximum atomic E-state index is 10.7. The van der Waals surface area contributed by atoms with Gasteiger partial charge in [-0.15, -0.1) is 0 Å². The van der Waals surface area contributed by atoms with Gasteiger partial charge in [0.1, 0.15) is 6.20 Å². The first kappa shape index (κ1) is 13.7. The fourth-order valence-corrected chi connectivity index (χ4v) is 2.51. The molecule has 0 saturated carbocycles. The summed E-state index contributed by atoms with van der Waals surface area (Å²) in [6.45, 7) is 1.73. The van der Waals surface area contributed by atoms with E-state index in [1.807, 2.05) is 30.3 Å². The smallest absolute Gasteiger partial charge is 0.258 e. The summed E-state index contributed by atoms with van der Waals surface area (Å²) in [4.78, 5) is 14.6. The summed E-state index contributed by atoms with van der Waals surface area (Å²) in [5, 5.41) is 10.7. The van der Waals surface area contributed by atoms with E-state index in [2.05, 4.69) is 20.9 Å². The topological polar surface area (TPSA) is 56.0 Å². The van der Waals surface area contributed by atoms with Crippen LogP contribution in [0.3, 0.4) is 0 Å². The molecule has 0 radical (unpaired) electrons. The predicted molar refractivity (Wildman–Crippen MR) is 77.4 cm³/mol. The number of aromatic nitrogens is 1. The minimum Gasteiger partial charge on any atom is -0.258 e. The maximum absolute atomic E-state index is 10.7. The molecule has 1 aromatic heterocycles. The van der Waals surface area contributed by atoms with Gasteiger partial charge in [-0.3, -0.25) is 15.1 Å². The van der Waals surface area contributed by atoms with Crippen LogP contribution >= 0.6 is 15.9 Å². The first-order chi connectivity index (χ1) is 9.08. The summed E-state index contributed by atoms with van der Waals surface area (Å²) >= 11 is 3.62. The summed E-state index contributed by atoms with van der Waals surface area (Å²) in [6.07, 6.45) is 2.03. The van der Waals surface area contributed by atoms with Gasteiger partial charge in [-0.2, -0.15) is 0 Å². The highest BCUT2D eigenvalue weighted by Gasteiger charge is 2.14. The number of aryl methyl sites for hydroxylation is 1. The number of benzene rings is 1. The highest BCUT2D eigenvalue weighted by molar-refractivity contribution is 9.09. The molecule has 5 heteroatoms. The average molecular weight is 321 g/mol. The van der Waals surface area contributed by atoms with E-state index in [1.54, 1.807) is 13.0 Å². The molecule has 0 spiro atoms. The summed E-state index contributed by atoms with van der Waals surface area (Å²) in [6, 6.07) is 11.8. The molecule has 0 aliphatic carbocycles. The predicted octanol–water partition coefficient (Wildman–Crippen LogP) is 3.98. The van der Waals surface area contributed by atoms with E-state index >= 15 is 0 Å².